The molecule has 1 amide bonds. The van der Waals surface area contributed by atoms with E-state index in [1.54, 1.807) is 37.3 Å². The summed E-state index contributed by atoms with van der Waals surface area (Å²) in [5.74, 6) is -0.729. The lowest BCUT2D eigenvalue weighted by Crippen LogP contribution is -2.46. The van der Waals surface area contributed by atoms with Gasteiger partial charge in [0.2, 0.25) is 12.2 Å². The zero-order valence-electron chi connectivity index (χ0n) is 20.5. The van der Waals surface area contributed by atoms with Gasteiger partial charge in [0.25, 0.3) is 0 Å². The van der Waals surface area contributed by atoms with Gasteiger partial charge in [0.15, 0.2) is 6.29 Å². The van der Waals surface area contributed by atoms with Crippen molar-refractivity contribution in [3.05, 3.63) is 59.7 Å². The van der Waals surface area contributed by atoms with Crippen molar-refractivity contribution in [2.24, 2.45) is 5.73 Å². The van der Waals surface area contributed by atoms with E-state index < -0.39 is 30.7 Å². The lowest BCUT2D eigenvalue weighted by Gasteiger charge is -2.33. The smallest absolute Gasteiger partial charge is 0.336 e. The molecule has 0 saturated heterocycles. The van der Waals surface area contributed by atoms with Gasteiger partial charge >= 0.3 is 5.97 Å². The topological polar surface area (TPSA) is 120 Å². The van der Waals surface area contributed by atoms with Gasteiger partial charge in [0.1, 0.15) is 0 Å². The number of carbonyl (C=O) groups is 2. The van der Waals surface area contributed by atoms with Crippen molar-refractivity contribution >= 4 is 11.9 Å². The predicted molar refractivity (Wildman–Crippen MR) is 129 cm³/mol. The Hall–Kier alpha value is -2.52. The van der Waals surface area contributed by atoms with Gasteiger partial charge in [-0.1, -0.05) is 56.3 Å². The van der Waals surface area contributed by atoms with E-state index in [1.165, 1.54) is 6.92 Å². The standard InChI is InChI=1S/C26H38N2O6/c1-6-20(7-2)32-22-15-19(13-14-21(22)28-17(5)29)24(30)33-26(18-11-9-8-10-12-18)34-25(31)23(27)16(3)4/h8-12,15,20-23,25-26,31H,3,6-7,13-14,27H2,1-2,4-5H3,(H,28,29)/t21-,22-,23-,25?,26?/m1/s1. The molecule has 2 rings (SSSR count). The van der Waals surface area contributed by atoms with Crippen LogP contribution in [-0.2, 0) is 23.8 Å². The fourth-order valence-corrected chi connectivity index (χ4v) is 3.71. The minimum Gasteiger partial charge on any atom is -0.428 e. The molecule has 0 heterocycles. The summed E-state index contributed by atoms with van der Waals surface area (Å²) < 4.78 is 17.5. The fraction of sp³-hybridized carbons (Fsp3) is 0.538. The number of hydrogen-bond acceptors (Lipinski definition) is 7. The van der Waals surface area contributed by atoms with Crippen molar-refractivity contribution in [1.29, 1.82) is 0 Å². The number of ether oxygens (including phenoxy) is 3. The van der Waals surface area contributed by atoms with E-state index in [2.05, 4.69) is 11.9 Å². The van der Waals surface area contributed by atoms with E-state index in [0.29, 0.717) is 29.6 Å². The maximum atomic E-state index is 13.1. The third-order valence-corrected chi connectivity index (χ3v) is 5.82. The molecule has 0 spiro atoms. The van der Waals surface area contributed by atoms with E-state index in [1.807, 2.05) is 19.9 Å². The Labute approximate surface area is 202 Å². The summed E-state index contributed by atoms with van der Waals surface area (Å²) in [4.78, 5) is 24.8. The Bertz CT molecular complexity index is 852. The number of rotatable bonds is 12. The second-order valence-corrected chi connectivity index (χ2v) is 8.62. The molecule has 1 aliphatic carbocycles. The number of nitrogens with two attached hydrogens (primary N) is 1. The molecule has 1 aromatic carbocycles. The Balaban J connectivity index is 2.24. The number of amides is 1. The van der Waals surface area contributed by atoms with Crippen LogP contribution < -0.4 is 11.1 Å². The molecule has 8 nitrogen and oxygen atoms in total. The van der Waals surface area contributed by atoms with Crippen LogP contribution in [0.25, 0.3) is 0 Å². The van der Waals surface area contributed by atoms with Crippen molar-refractivity contribution in [2.75, 3.05) is 0 Å². The highest BCUT2D eigenvalue weighted by molar-refractivity contribution is 5.89. The van der Waals surface area contributed by atoms with Crippen LogP contribution in [0.3, 0.4) is 0 Å². The van der Waals surface area contributed by atoms with Gasteiger partial charge in [-0.25, -0.2) is 4.79 Å². The largest absolute Gasteiger partial charge is 0.428 e. The predicted octanol–water partition coefficient (Wildman–Crippen LogP) is 3.27. The molecule has 0 bridgehead atoms. The summed E-state index contributed by atoms with van der Waals surface area (Å²) in [7, 11) is 0. The Morgan fingerprint density at radius 3 is 2.41 bits per heavy atom. The van der Waals surface area contributed by atoms with Crippen molar-refractivity contribution in [3.8, 4) is 0 Å². The van der Waals surface area contributed by atoms with Gasteiger partial charge in [-0.2, -0.15) is 0 Å². The average molecular weight is 475 g/mol. The van der Waals surface area contributed by atoms with Crippen molar-refractivity contribution in [3.63, 3.8) is 0 Å². The monoisotopic (exact) mass is 474 g/mol. The molecule has 1 aromatic rings. The van der Waals surface area contributed by atoms with Crippen LogP contribution >= 0.6 is 0 Å². The Morgan fingerprint density at radius 2 is 1.85 bits per heavy atom. The normalized spacial score (nSPS) is 20.7. The van der Waals surface area contributed by atoms with E-state index in [0.717, 1.165) is 12.8 Å². The van der Waals surface area contributed by atoms with Crippen LogP contribution in [0.1, 0.15) is 65.2 Å². The summed E-state index contributed by atoms with van der Waals surface area (Å²) in [6, 6.07) is 7.78. The third kappa shape index (κ3) is 8.06. The molecule has 34 heavy (non-hydrogen) atoms. The van der Waals surface area contributed by atoms with Crippen LogP contribution in [-0.4, -0.2) is 47.6 Å². The number of benzene rings is 1. The minimum atomic E-state index is -1.41. The summed E-state index contributed by atoms with van der Waals surface area (Å²) in [6.07, 6.45) is 1.27. The highest BCUT2D eigenvalue weighted by atomic mass is 16.7. The lowest BCUT2D eigenvalue weighted by atomic mass is 9.92. The van der Waals surface area contributed by atoms with E-state index in [4.69, 9.17) is 19.9 Å². The molecule has 2 unspecified atom stereocenters. The molecule has 188 valence electrons. The van der Waals surface area contributed by atoms with Gasteiger partial charge in [-0.3, -0.25) is 4.79 Å². The van der Waals surface area contributed by atoms with Crippen molar-refractivity contribution in [1.82, 2.24) is 5.32 Å². The number of nitrogens with one attached hydrogen (secondary N) is 1. The summed E-state index contributed by atoms with van der Waals surface area (Å²) in [6.45, 7) is 10.9. The SMILES string of the molecule is C=C(C)[C@@H](N)C(O)OC(OC(=O)C1=C[C@@H](OC(CC)CC)[C@H](NC(C)=O)CC1)c1ccccc1. The van der Waals surface area contributed by atoms with E-state index >= 15 is 0 Å². The molecule has 0 saturated carbocycles. The quantitative estimate of drug-likeness (QED) is 0.242. The number of aliphatic hydroxyl groups excluding tert-OH is 1. The number of esters is 1. The molecule has 0 fully saturated rings. The maximum Gasteiger partial charge on any atom is 0.336 e. The zero-order chi connectivity index (χ0) is 25.3. The molecule has 1 aliphatic rings. The highest BCUT2D eigenvalue weighted by Crippen LogP contribution is 2.28. The van der Waals surface area contributed by atoms with Gasteiger partial charge in [0.05, 0.1) is 24.3 Å². The number of hydrogen-bond donors (Lipinski definition) is 3. The zero-order valence-corrected chi connectivity index (χ0v) is 20.5. The molecule has 0 aromatic heterocycles. The molecule has 0 aliphatic heterocycles. The maximum absolute atomic E-state index is 13.1. The van der Waals surface area contributed by atoms with Crippen LogP contribution in [0.5, 0.6) is 0 Å². The van der Waals surface area contributed by atoms with Crippen LogP contribution in [0.15, 0.2) is 54.1 Å². The van der Waals surface area contributed by atoms with E-state index in [9.17, 15) is 14.7 Å². The number of carbonyl (C=O) groups excluding carboxylic acids is 2. The second kappa shape index (κ2) is 13.4. The Morgan fingerprint density at radius 1 is 1.21 bits per heavy atom. The Kier molecular flexibility index (Phi) is 10.9. The molecular weight excluding hydrogens is 436 g/mol. The van der Waals surface area contributed by atoms with Crippen LogP contribution in [0, 0.1) is 0 Å². The fourth-order valence-electron chi connectivity index (χ4n) is 3.71. The van der Waals surface area contributed by atoms with E-state index in [-0.39, 0.29) is 18.1 Å². The van der Waals surface area contributed by atoms with Crippen molar-refractivity contribution in [2.45, 2.75) is 90.2 Å². The van der Waals surface area contributed by atoms with Gasteiger partial charge < -0.3 is 30.4 Å². The highest BCUT2D eigenvalue weighted by Gasteiger charge is 2.32. The van der Waals surface area contributed by atoms with Gasteiger partial charge in [-0.05, 0) is 38.7 Å². The molecular formula is C26H38N2O6. The first-order chi connectivity index (χ1) is 16.2. The van der Waals surface area contributed by atoms with Crippen LogP contribution in [0.2, 0.25) is 0 Å². The minimum absolute atomic E-state index is 0.00653. The average Bonchev–Trinajstić information content (AvgIpc) is 2.82. The molecule has 8 heteroatoms. The first kappa shape index (κ1) is 27.7. The second-order valence-electron chi connectivity index (χ2n) is 8.62. The molecule has 4 N–H and O–H groups in total. The number of aliphatic hydroxyl groups is 1. The third-order valence-electron chi connectivity index (χ3n) is 5.82. The van der Waals surface area contributed by atoms with Gasteiger partial charge in [-0.15, -0.1) is 0 Å². The molecule has 0 radical (unpaired) electrons. The van der Waals surface area contributed by atoms with Crippen LogP contribution in [0.4, 0.5) is 0 Å². The summed E-state index contributed by atoms with van der Waals surface area (Å²) >= 11 is 0. The summed E-state index contributed by atoms with van der Waals surface area (Å²) in [5.41, 5.74) is 7.45. The van der Waals surface area contributed by atoms with Crippen molar-refractivity contribution < 1.29 is 28.9 Å². The first-order valence-electron chi connectivity index (χ1n) is 11.8. The molecule has 5 atom stereocenters. The lowest BCUT2D eigenvalue weighted by molar-refractivity contribution is -0.230. The summed E-state index contributed by atoms with van der Waals surface area (Å²) in [5, 5.41) is 13.3. The first-order valence-corrected chi connectivity index (χ1v) is 11.8. The van der Waals surface area contributed by atoms with Gasteiger partial charge in [0, 0.05) is 18.1 Å².